The molecule has 0 aliphatic carbocycles. The molecule has 5 rings (SSSR count). The van der Waals surface area contributed by atoms with Gasteiger partial charge in [-0.1, -0.05) is 6.07 Å². The van der Waals surface area contributed by atoms with Crippen LogP contribution in [0.5, 0.6) is 5.88 Å². The first-order valence-electron chi connectivity index (χ1n) is 13.7. The number of anilines is 2. The zero-order chi connectivity index (χ0) is 32.5. The van der Waals surface area contributed by atoms with Crippen LogP contribution in [0.25, 0.3) is 22.0 Å². The van der Waals surface area contributed by atoms with Crippen LogP contribution in [-0.4, -0.2) is 73.3 Å². The van der Waals surface area contributed by atoms with E-state index in [4.69, 9.17) is 9.47 Å². The summed E-state index contributed by atoms with van der Waals surface area (Å²) < 4.78 is 66.7. The fourth-order valence-electron chi connectivity index (χ4n) is 4.75. The van der Waals surface area contributed by atoms with Crippen molar-refractivity contribution in [3.05, 3.63) is 66.1 Å². The number of sulfonamides is 1. The van der Waals surface area contributed by atoms with Gasteiger partial charge in [0.2, 0.25) is 11.7 Å². The number of halogens is 2. The molecule has 45 heavy (non-hydrogen) atoms. The molecule has 3 heterocycles. The number of nitrogens with zero attached hydrogens (tertiary/aromatic N) is 6. The summed E-state index contributed by atoms with van der Waals surface area (Å²) in [4.78, 5) is 28.4. The van der Waals surface area contributed by atoms with Gasteiger partial charge in [-0.05, 0) is 56.7 Å². The van der Waals surface area contributed by atoms with Crippen LogP contribution in [0.4, 0.5) is 25.1 Å². The minimum Gasteiger partial charge on any atom is -0.480 e. The van der Waals surface area contributed by atoms with Crippen LogP contribution in [0.3, 0.4) is 0 Å². The molecule has 4 aromatic rings. The zero-order valence-corrected chi connectivity index (χ0v) is 25.7. The molecule has 2 aromatic heterocycles. The van der Waals surface area contributed by atoms with Crippen LogP contribution in [-0.2, 0) is 14.8 Å². The van der Waals surface area contributed by atoms with E-state index >= 15 is 0 Å². The number of hydrogen-bond donors (Lipinski definition) is 1. The lowest BCUT2D eigenvalue weighted by Crippen LogP contribution is -2.50. The Labute approximate surface area is 258 Å². The lowest BCUT2D eigenvalue weighted by atomic mass is 10.0. The van der Waals surface area contributed by atoms with E-state index in [1.807, 2.05) is 11.0 Å². The molecule has 1 N–H and O–H groups in total. The van der Waals surface area contributed by atoms with Crippen LogP contribution in [0, 0.1) is 23.0 Å². The van der Waals surface area contributed by atoms with Gasteiger partial charge in [0.15, 0.2) is 0 Å². The van der Waals surface area contributed by atoms with Gasteiger partial charge < -0.3 is 19.3 Å². The van der Waals surface area contributed by atoms with Gasteiger partial charge in [0.25, 0.3) is 10.0 Å². The van der Waals surface area contributed by atoms with Crippen LogP contribution in [0.2, 0.25) is 0 Å². The Balaban J connectivity index is 1.48. The van der Waals surface area contributed by atoms with Gasteiger partial charge >= 0.3 is 6.09 Å². The van der Waals surface area contributed by atoms with Gasteiger partial charge in [0.1, 0.15) is 39.7 Å². The summed E-state index contributed by atoms with van der Waals surface area (Å²) in [5.41, 5.74) is 0.882. The highest BCUT2D eigenvalue weighted by atomic mass is 32.2. The molecular formula is C30H29F2N7O5S. The van der Waals surface area contributed by atoms with Crippen molar-refractivity contribution in [2.24, 2.45) is 0 Å². The zero-order valence-electron chi connectivity index (χ0n) is 24.8. The number of rotatable bonds is 6. The first-order valence-corrected chi connectivity index (χ1v) is 15.2. The van der Waals surface area contributed by atoms with E-state index in [1.165, 1.54) is 19.4 Å². The maximum Gasteiger partial charge on any atom is 0.410 e. The fourth-order valence-corrected chi connectivity index (χ4v) is 5.86. The standard InChI is InChI=1S/C30H29F2N7O5S/c1-30(2,3)44-29(40)39-11-9-38(10-12-39)27-21-13-18(5-7-23(21)35-26(16-33)36-27)19-14-24(28(43-4)34-17-19)37-45(41,42)25-8-6-20(31)15-22(25)32/h5-8,13-15,17,37H,9-12H2,1-4H3. The third-order valence-electron chi connectivity index (χ3n) is 6.81. The van der Waals surface area contributed by atoms with Crippen molar-refractivity contribution >= 4 is 38.5 Å². The maximum absolute atomic E-state index is 14.3. The number of nitriles is 1. The number of carbonyl (C=O) groups is 1. The average Bonchev–Trinajstić information content (AvgIpc) is 2.99. The van der Waals surface area contributed by atoms with E-state index in [1.54, 1.807) is 43.9 Å². The Hall–Kier alpha value is -5.10. The highest BCUT2D eigenvalue weighted by Crippen LogP contribution is 2.34. The number of carbonyl (C=O) groups excluding carboxylic acids is 1. The lowest BCUT2D eigenvalue weighted by molar-refractivity contribution is 0.0240. The lowest BCUT2D eigenvalue weighted by Gasteiger charge is -2.36. The first kappa shape index (κ1) is 31.3. The van der Waals surface area contributed by atoms with Crippen LogP contribution in [0.1, 0.15) is 26.6 Å². The summed E-state index contributed by atoms with van der Waals surface area (Å²) >= 11 is 0. The van der Waals surface area contributed by atoms with Crippen molar-refractivity contribution in [1.29, 1.82) is 5.26 Å². The summed E-state index contributed by atoms with van der Waals surface area (Å²) in [5, 5.41) is 10.2. The smallest absolute Gasteiger partial charge is 0.410 e. The molecule has 0 atom stereocenters. The van der Waals surface area contributed by atoms with Gasteiger partial charge in [-0.25, -0.2) is 36.9 Å². The second-order valence-electron chi connectivity index (χ2n) is 11.1. The van der Waals surface area contributed by atoms with E-state index in [0.717, 1.165) is 12.1 Å². The quantitative estimate of drug-likeness (QED) is 0.315. The van der Waals surface area contributed by atoms with Gasteiger partial charge in [-0.3, -0.25) is 4.72 Å². The largest absolute Gasteiger partial charge is 0.480 e. The topological polar surface area (TPSA) is 151 Å². The number of amides is 1. The third-order valence-corrected chi connectivity index (χ3v) is 8.21. The molecule has 0 bridgehead atoms. The molecule has 0 unspecified atom stereocenters. The Morgan fingerprint density at radius 2 is 1.76 bits per heavy atom. The second kappa shape index (κ2) is 12.1. The number of nitrogens with one attached hydrogen (secondary N) is 1. The Morgan fingerprint density at radius 1 is 1.02 bits per heavy atom. The van der Waals surface area contributed by atoms with Gasteiger partial charge in [-0.2, -0.15) is 5.26 Å². The third kappa shape index (κ3) is 6.86. The molecule has 1 aliphatic heterocycles. The highest BCUT2D eigenvalue weighted by Gasteiger charge is 2.28. The van der Waals surface area contributed by atoms with E-state index in [9.17, 15) is 27.3 Å². The van der Waals surface area contributed by atoms with Gasteiger partial charge in [-0.15, -0.1) is 0 Å². The molecular weight excluding hydrogens is 608 g/mol. The molecule has 15 heteroatoms. The number of methoxy groups -OCH3 is 1. The summed E-state index contributed by atoms with van der Waals surface area (Å²) in [6.45, 7) is 7.02. The molecule has 0 saturated carbocycles. The van der Waals surface area contributed by atoms with Crippen molar-refractivity contribution in [3.8, 4) is 23.1 Å². The fraction of sp³-hybridized carbons (Fsp3) is 0.300. The summed E-state index contributed by atoms with van der Waals surface area (Å²) in [6.07, 6.45) is 1.07. The molecule has 234 valence electrons. The number of aromatic nitrogens is 3. The minimum atomic E-state index is -4.48. The summed E-state index contributed by atoms with van der Waals surface area (Å²) in [5.74, 6) is -1.77. The predicted molar refractivity (Wildman–Crippen MR) is 161 cm³/mol. The van der Waals surface area contributed by atoms with Crippen LogP contribution >= 0.6 is 0 Å². The molecule has 1 amide bonds. The van der Waals surface area contributed by atoms with Crippen molar-refractivity contribution < 1.29 is 31.5 Å². The Morgan fingerprint density at radius 3 is 2.40 bits per heavy atom. The molecule has 1 saturated heterocycles. The summed E-state index contributed by atoms with van der Waals surface area (Å²) in [7, 11) is -3.18. The molecule has 1 fully saturated rings. The van der Waals surface area contributed by atoms with E-state index < -0.39 is 38.2 Å². The van der Waals surface area contributed by atoms with Crippen molar-refractivity contribution in [1.82, 2.24) is 19.9 Å². The minimum absolute atomic E-state index is 0.0179. The van der Waals surface area contributed by atoms with E-state index in [0.29, 0.717) is 60.1 Å². The Kier molecular flexibility index (Phi) is 8.44. The highest BCUT2D eigenvalue weighted by molar-refractivity contribution is 7.92. The Bertz CT molecular complexity index is 1940. The maximum atomic E-state index is 14.3. The first-order chi connectivity index (χ1) is 21.3. The SMILES string of the molecule is COc1ncc(-c2ccc3nc(C#N)nc(N4CCN(C(=O)OC(C)(C)C)CC4)c3c2)cc1NS(=O)(=O)c1ccc(F)cc1F. The normalized spacial score (nSPS) is 13.8. The van der Waals surface area contributed by atoms with Crippen molar-refractivity contribution in [2.45, 2.75) is 31.3 Å². The van der Waals surface area contributed by atoms with Gasteiger partial charge in [0, 0.05) is 49.4 Å². The number of piperazine rings is 1. The molecule has 0 radical (unpaired) electrons. The van der Waals surface area contributed by atoms with E-state index in [-0.39, 0.29) is 17.4 Å². The van der Waals surface area contributed by atoms with Gasteiger partial charge in [0.05, 0.1) is 12.6 Å². The molecule has 12 nitrogen and oxygen atoms in total. The number of benzene rings is 2. The molecule has 2 aromatic carbocycles. The number of ether oxygens (including phenoxy) is 2. The number of fused-ring (bicyclic) bond motifs is 1. The van der Waals surface area contributed by atoms with Crippen molar-refractivity contribution in [3.63, 3.8) is 0 Å². The molecule has 0 spiro atoms. The number of pyridine rings is 1. The predicted octanol–water partition coefficient (Wildman–Crippen LogP) is 4.71. The number of hydrogen-bond acceptors (Lipinski definition) is 10. The second-order valence-corrected chi connectivity index (χ2v) is 12.8. The monoisotopic (exact) mass is 637 g/mol. The van der Waals surface area contributed by atoms with Crippen molar-refractivity contribution in [2.75, 3.05) is 42.9 Å². The summed E-state index contributed by atoms with van der Waals surface area (Å²) in [6, 6.07) is 10.8. The van der Waals surface area contributed by atoms with E-state index in [2.05, 4.69) is 19.7 Å². The average molecular weight is 638 g/mol. The molecule has 1 aliphatic rings. The van der Waals surface area contributed by atoms with Crippen LogP contribution in [0.15, 0.2) is 53.6 Å². The van der Waals surface area contributed by atoms with Crippen LogP contribution < -0.4 is 14.4 Å².